The van der Waals surface area contributed by atoms with E-state index in [9.17, 15) is 9.90 Å². The normalized spacial score (nSPS) is 20.5. The molecular weight excluding hydrogens is 304 g/mol. The number of carbonyl (C=O) groups is 1. The lowest BCUT2D eigenvalue weighted by atomic mass is 9.93. The molecule has 0 radical (unpaired) electrons. The summed E-state index contributed by atoms with van der Waals surface area (Å²) in [6, 6.07) is 9.73. The van der Waals surface area contributed by atoms with Crippen LogP contribution in [0.4, 0.5) is 4.79 Å². The fourth-order valence-electron chi connectivity index (χ4n) is 3.09. The summed E-state index contributed by atoms with van der Waals surface area (Å²) in [5.41, 5.74) is 1.19. The fraction of sp³-hybridized carbons (Fsp3) is 0.444. The second kappa shape index (κ2) is 7.97. The Morgan fingerprint density at radius 3 is 2.83 bits per heavy atom. The van der Waals surface area contributed by atoms with Gasteiger partial charge in [0.25, 0.3) is 0 Å². The van der Waals surface area contributed by atoms with Crippen LogP contribution < -0.4 is 10.6 Å². The van der Waals surface area contributed by atoms with Crippen LogP contribution in [0, 0.1) is 0 Å². The molecule has 1 fully saturated rings. The zero-order chi connectivity index (χ0) is 16.8. The van der Waals surface area contributed by atoms with Gasteiger partial charge in [0.2, 0.25) is 0 Å². The standard InChI is InChI=1S/C18H24N4O2/c23-16-9-5-4-8-15(16)21-18(24)20-12-17-19-10-11-22(17)13-14-6-2-1-3-7-14/h1-3,6-7,10-11,15-16,23H,4-5,8-9,12-13H2,(H2,20,21,24). The van der Waals surface area contributed by atoms with Crippen molar-refractivity contribution in [2.75, 3.05) is 0 Å². The fourth-order valence-corrected chi connectivity index (χ4v) is 3.09. The lowest BCUT2D eigenvalue weighted by Crippen LogP contribution is -2.48. The van der Waals surface area contributed by atoms with Gasteiger partial charge in [0.15, 0.2) is 0 Å². The maximum atomic E-state index is 12.1. The van der Waals surface area contributed by atoms with Crippen LogP contribution in [-0.4, -0.2) is 32.8 Å². The summed E-state index contributed by atoms with van der Waals surface area (Å²) in [5, 5.41) is 15.6. The first-order valence-electron chi connectivity index (χ1n) is 8.49. The lowest BCUT2D eigenvalue weighted by molar-refractivity contribution is 0.0943. The highest BCUT2D eigenvalue weighted by Gasteiger charge is 2.24. The second-order valence-corrected chi connectivity index (χ2v) is 6.24. The molecule has 3 N–H and O–H groups in total. The summed E-state index contributed by atoms with van der Waals surface area (Å²) < 4.78 is 2.02. The van der Waals surface area contributed by atoms with Crippen LogP contribution in [0.3, 0.4) is 0 Å². The van der Waals surface area contributed by atoms with Gasteiger partial charge < -0.3 is 20.3 Å². The average molecular weight is 328 g/mol. The van der Waals surface area contributed by atoms with Crippen LogP contribution in [0.1, 0.15) is 37.1 Å². The lowest BCUT2D eigenvalue weighted by Gasteiger charge is -2.28. The minimum absolute atomic E-state index is 0.150. The molecule has 0 spiro atoms. The first-order valence-corrected chi connectivity index (χ1v) is 8.49. The molecule has 1 aliphatic rings. The number of amides is 2. The molecule has 1 aliphatic carbocycles. The second-order valence-electron chi connectivity index (χ2n) is 6.24. The molecule has 2 aromatic rings. The van der Waals surface area contributed by atoms with E-state index in [2.05, 4.69) is 27.8 Å². The molecule has 1 heterocycles. The molecule has 1 aromatic carbocycles. The molecule has 6 nitrogen and oxygen atoms in total. The number of rotatable bonds is 5. The van der Waals surface area contributed by atoms with Crippen molar-refractivity contribution in [3.63, 3.8) is 0 Å². The van der Waals surface area contributed by atoms with Gasteiger partial charge in [-0.3, -0.25) is 0 Å². The van der Waals surface area contributed by atoms with Crippen LogP contribution >= 0.6 is 0 Å². The van der Waals surface area contributed by atoms with Gasteiger partial charge in [0.1, 0.15) is 5.82 Å². The van der Waals surface area contributed by atoms with Gasteiger partial charge in [-0.1, -0.05) is 43.2 Å². The number of benzene rings is 1. The smallest absolute Gasteiger partial charge is 0.315 e. The molecule has 1 saturated carbocycles. The van der Waals surface area contributed by atoms with E-state index in [0.717, 1.165) is 38.1 Å². The Bertz CT molecular complexity index is 656. The average Bonchev–Trinajstić information content (AvgIpc) is 3.03. The van der Waals surface area contributed by atoms with Gasteiger partial charge in [0, 0.05) is 18.9 Å². The Hall–Kier alpha value is -2.34. The molecule has 1 aromatic heterocycles. The number of hydrogen-bond donors (Lipinski definition) is 3. The summed E-state index contributed by atoms with van der Waals surface area (Å²) in [6.45, 7) is 1.08. The maximum absolute atomic E-state index is 12.1. The van der Waals surface area contributed by atoms with Crippen molar-refractivity contribution in [2.45, 2.75) is 50.9 Å². The monoisotopic (exact) mass is 328 g/mol. The highest BCUT2D eigenvalue weighted by Crippen LogP contribution is 2.18. The van der Waals surface area contributed by atoms with Crippen LogP contribution in [0.2, 0.25) is 0 Å². The van der Waals surface area contributed by atoms with E-state index in [1.807, 2.05) is 29.0 Å². The molecule has 24 heavy (non-hydrogen) atoms. The van der Waals surface area contributed by atoms with Gasteiger partial charge in [-0.15, -0.1) is 0 Å². The first-order chi connectivity index (χ1) is 11.7. The largest absolute Gasteiger partial charge is 0.391 e. The van der Waals surface area contributed by atoms with Crippen molar-refractivity contribution in [2.24, 2.45) is 0 Å². The van der Waals surface area contributed by atoms with Crippen molar-refractivity contribution in [1.29, 1.82) is 0 Å². The van der Waals surface area contributed by atoms with E-state index in [1.165, 1.54) is 5.56 Å². The number of urea groups is 1. The predicted octanol–water partition coefficient (Wildman–Crippen LogP) is 2.03. The summed E-state index contributed by atoms with van der Waals surface area (Å²) >= 11 is 0. The number of carbonyl (C=O) groups excluding carboxylic acids is 1. The number of aromatic nitrogens is 2. The molecule has 2 amide bonds. The summed E-state index contributed by atoms with van der Waals surface area (Å²) in [4.78, 5) is 16.4. The summed E-state index contributed by atoms with van der Waals surface area (Å²) in [7, 11) is 0. The van der Waals surface area contributed by atoms with Crippen LogP contribution in [0.25, 0.3) is 0 Å². The van der Waals surface area contributed by atoms with E-state index in [1.54, 1.807) is 6.20 Å². The van der Waals surface area contributed by atoms with Gasteiger partial charge in [-0.2, -0.15) is 0 Å². The summed E-state index contributed by atoms with van der Waals surface area (Å²) in [6.07, 6.45) is 6.87. The first kappa shape index (κ1) is 16.5. The van der Waals surface area contributed by atoms with Gasteiger partial charge >= 0.3 is 6.03 Å². The van der Waals surface area contributed by atoms with Crippen molar-refractivity contribution >= 4 is 6.03 Å². The molecule has 0 bridgehead atoms. The Kier molecular flexibility index (Phi) is 5.48. The molecule has 128 valence electrons. The highest BCUT2D eigenvalue weighted by molar-refractivity contribution is 5.74. The third-order valence-electron chi connectivity index (χ3n) is 4.45. The third kappa shape index (κ3) is 4.35. The van der Waals surface area contributed by atoms with Crippen molar-refractivity contribution < 1.29 is 9.90 Å². The van der Waals surface area contributed by atoms with Crippen LogP contribution in [0.15, 0.2) is 42.7 Å². The number of nitrogens with one attached hydrogen (secondary N) is 2. The Morgan fingerprint density at radius 2 is 2.04 bits per heavy atom. The minimum Gasteiger partial charge on any atom is -0.391 e. The van der Waals surface area contributed by atoms with E-state index in [4.69, 9.17) is 0 Å². The number of hydrogen-bond acceptors (Lipinski definition) is 3. The predicted molar refractivity (Wildman–Crippen MR) is 91.4 cm³/mol. The molecule has 2 unspecified atom stereocenters. The SMILES string of the molecule is O=C(NCc1nccn1Cc1ccccc1)NC1CCCCC1O. The van der Waals surface area contributed by atoms with E-state index in [-0.39, 0.29) is 12.1 Å². The Balaban J connectivity index is 1.51. The maximum Gasteiger partial charge on any atom is 0.315 e. The van der Waals surface area contributed by atoms with Crippen molar-refractivity contribution in [3.8, 4) is 0 Å². The Morgan fingerprint density at radius 1 is 1.25 bits per heavy atom. The summed E-state index contributed by atoms with van der Waals surface area (Å²) in [5.74, 6) is 0.804. The van der Waals surface area contributed by atoms with E-state index in [0.29, 0.717) is 6.54 Å². The van der Waals surface area contributed by atoms with Gasteiger partial charge in [-0.05, 0) is 18.4 Å². The Labute approximate surface area is 141 Å². The molecule has 3 rings (SSSR count). The zero-order valence-electron chi connectivity index (χ0n) is 13.7. The molecular formula is C18H24N4O2. The zero-order valence-corrected chi connectivity index (χ0v) is 13.7. The molecule has 2 atom stereocenters. The minimum atomic E-state index is -0.440. The topological polar surface area (TPSA) is 79.2 Å². The number of aliphatic hydroxyl groups excluding tert-OH is 1. The van der Waals surface area contributed by atoms with Crippen LogP contribution in [0.5, 0.6) is 0 Å². The van der Waals surface area contributed by atoms with Gasteiger partial charge in [0.05, 0.1) is 18.7 Å². The number of imidazole rings is 1. The van der Waals surface area contributed by atoms with Crippen molar-refractivity contribution in [3.05, 3.63) is 54.1 Å². The number of nitrogens with zero attached hydrogens (tertiary/aromatic N) is 2. The molecule has 0 aliphatic heterocycles. The van der Waals surface area contributed by atoms with E-state index < -0.39 is 6.10 Å². The van der Waals surface area contributed by atoms with Gasteiger partial charge in [-0.25, -0.2) is 9.78 Å². The van der Waals surface area contributed by atoms with Crippen LogP contribution in [-0.2, 0) is 13.1 Å². The number of aliphatic hydroxyl groups is 1. The third-order valence-corrected chi connectivity index (χ3v) is 4.45. The highest BCUT2D eigenvalue weighted by atomic mass is 16.3. The molecule has 0 saturated heterocycles. The van der Waals surface area contributed by atoms with Crippen molar-refractivity contribution in [1.82, 2.24) is 20.2 Å². The van der Waals surface area contributed by atoms with E-state index >= 15 is 0 Å². The molecule has 6 heteroatoms. The quantitative estimate of drug-likeness (QED) is 0.786.